The lowest BCUT2D eigenvalue weighted by Gasteiger charge is -2.06. The molecule has 7 heteroatoms. The van der Waals surface area contributed by atoms with Gasteiger partial charge in [0, 0.05) is 17.8 Å². The van der Waals surface area contributed by atoms with E-state index in [1.165, 1.54) is 24.9 Å². The maximum Gasteiger partial charge on any atom is 0.343 e. The molecular formula is C15H11N3O4. The van der Waals surface area contributed by atoms with Crippen LogP contribution in [0.5, 0.6) is 0 Å². The van der Waals surface area contributed by atoms with Crippen molar-refractivity contribution in [2.75, 3.05) is 6.73 Å². The molecule has 1 N–H and O–H groups in total. The van der Waals surface area contributed by atoms with Gasteiger partial charge in [0.1, 0.15) is 16.8 Å². The molecule has 0 fully saturated rings. The van der Waals surface area contributed by atoms with Crippen LogP contribution >= 0.6 is 0 Å². The van der Waals surface area contributed by atoms with Gasteiger partial charge in [0.05, 0.1) is 12.5 Å². The molecule has 2 aromatic heterocycles. The van der Waals surface area contributed by atoms with Crippen molar-refractivity contribution in [3.8, 4) is 0 Å². The van der Waals surface area contributed by atoms with Crippen LogP contribution < -0.4 is 5.32 Å². The first-order valence-electron chi connectivity index (χ1n) is 6.43. The van der Waals surface area contributed by atoms with Crippen LogP contribution in [-0.2, 0) is 4.74 Å². The number of carbonyl (C=O) groups is 2. The molecule has 3 rings (SSSR count). The number of fused-ring (bicyclic) bond motifs is 1. The summed E-state index contributed by atoms with van der Waals surface area (Å²) < 4.78 is 10.3. The van der Waals surface area contributed by atoms with Crippen LogP contribution in [0.3, 0.4) is 0 Å². The second kappa shape index (κ2) is 6.04. The van der Waals surface area contributed by atoms with Gasteiger partial charge in [-0.25, -0.2) is 9.78 Å². The van der Waals surface area contributed by atoms with Gasteiger partial charge in [-0.3, -0.25) is 9.78 Å². The van der Waals surface area contributed by atoms with Gasteiger partial charge in [0.2, 0.25) is 0 Å². The second-order valence-electron chi connectivity index (χ2n) is 4.32. The van der Waals surface area contributed by atoms with Crippen molar-refractivity contribution in [2.45, 2.75) is 0 Å². The molecule has 0 aliphatic rings. The third-order valence-electron chi connectivity index (χ3n) is 2.93. The summed E-state index contributed by atoms with van der Waals surface area (Å²) in [5.74, 6) is -1.06. The molecule has 0 aliphatic heterocycles. The molecule has 3 aromatic rings. The molecule has 0 unspecified atom stereocenters. The minimum Gasteiger partial charge on any atom is -0.463 e. The van der Waals surface area contributed by atoms with Crippen molar-refractivity contribution >= 4 is 22.8 Å². The Kier molecular flexibility index (Phi) is 3.78. The van der Waals surface area contributed by atoms with Crippen molar-refractivity contribution in [3.05, 3.63) is 60.4 Å². The summed E-state index contributed by atoms with van der Waals surface area (Å²) in [7, 11) is 0. The molecule has 1 amide bonds. The zero-order valence-electron chi connectivity index (χ0n) is 11.4. The number of benzene rings is 1. The maximum atomic E-state index is 12.0. The molecule has 0 aliphatic carbocycles. The SMILES string of the molecule is O=C(NCOC(=O)c1cccc2ccoc12)c1cnccn1. The zero-order valence-corrected chi connectivity index (χ0v) is 11.4. The number of para-hydroxylation sites is 1. The standard InChI is InChI=1S/C15H11N3O4/c19-14(12-8-16-5-6-17-12)18-9-22-15(20)11-3-1-2-10-4-7-21-13(10)11/h1-8H,9H2,(H,18,19). The van der Waals surface area contributed by atoms with Gasteiger partial charge in [-0.1, -0.05) is 12.1 Å². The lowest BCUT2D eigenvalue weighted by molar-refractivity contribution is 0.0464. The Bertz CT molecular complexity index is 814. The summed E-state index contributed by atoms with van der Waals surface area (Å²) in [6.45, 7) is -0.272. The first kappa shape index (κ1) is 13.7. The Morgan fingerprint density at radius 1 is 1.23 bits per heavy atom. The molecule has 2 heterocycles. The van der Waals surface area contributed by atoms with Crippen LogP contribution in [0.2, 0.25) is 0 Å². The normalized spacial score (nSPS) is 10.4. The monoisotopic (exact) mass is 297 g/mol. The van der Waals surface area contributed by atoms with Crippen LogP contribution in [0.1, 0.15) is 20.8 Å². The lowest BCUT2D eigenvalue weighted by atomic mass is 10.1. The van der Waals surface area contributed by atoms with Gasteiger partial charge in [0.25, 0.3) is 5.91 Å². The van der Waals surface area contributed by atoms with Gasteiger partial charge in [-0.15, -0.1) is 0 Å². The number of nitrogens with one attached hydrogen (secondary N) is 1. The highest BCUT2D eigenvalue weighted by Crippen LogP contribution is 2.20. The summed E-state index contributed by atoms with van der Waals surface area (Å²) in [5, 5.41) is 3.23. The highest BCUT2D eigenvalue weighted by Gasteiger charge is 2.14. The largest absolute Gasteiger partial charge is 0.463 e. The van der Waals surface area contributed by atoms with Crippen molar-refractivity contribution in [2.24, 2.45) is 0 Å². The van der Waals surface area contributed by atoms with E-state index in [-0.39, 0.29) is 12.4 Å². The number of aromatic nitrogens is 2. The first-order chi connectivity index (χ1) is 10.8. The van der Waals surface area contributed by atoms with Crippen LogP contribution in [0.15, 0.2) is 53.5 Å². The van der Waals surface area contributed by atoms with E-state index in [0.717, 1.165) is 5.39 Å². The van der Waals surface area contributed by atoms with Crippen LogP contribution in [0.25, 0.3) is 11.0 Å². The highest BCUT2D eigenvalue weighted by atomic mass is 16.5. The van der Waals surface area contributed by atoms with Gasteiger partial charge < -0.3 is 14.5 Å². The smallest absolute Gasteiger partial charge is 0.343 e. The third kappa shape index (κ3) is 2.78. The summed E-state index contributed by atoms with van der Waals surface area (Å²) in [6, 6.07) is 6.90. The van der Waals surface area contributed by atoms with Gasteiger partial charge in [0.15, 0.2) is 6.73 Å². The van der Waals surface area contributed by atoms with Crippen LogP contribution in [-0.4, -0.2) is 28.6 Å². The predicted octanol–water partition coefficient (Wildman–Crippen LogP) is 1.77. The van der Waals surface area contributed by atoms with Crippen molar-refractivity contribution in [3.63, 3.8) is 0 Å². The fraction of sp³-hybridized carbons (Fsp3) is 0.0667. The fourth-order valence-electron chi connectivity index (χ4n) is 1.91. The number of carbonyl (C=O) groups excluding carboxylic acids is 2. The Labute approximate surface area is 124 Å². The number of ether oxygens (including phenoxy) is 1. The molecule has 0 atom stereocenters. The minimum atomic E-state index is -0.583. The molecule has 0 radical (unpaired) electrons. The van der Waals surface area contributed by atoms with E-state index in [4.69, 9.17) is 9.15 Å². The zero-order chi connectivity index (χ0) is 15.4. The molecule has 0 saturated carbocycles. The lowest BCUT2D eigenvalue weighted by Crippen LogP contribution is -2.28. The van der Waals surface area contributed by atoms with Crippen LogP contribution in [0.4, 0.5) is 0 Å². The average Bonchev–Trinajstić information content (AvgIpc) is 3.04. The Morgan fingerprint density at radius 2 is 2.14 bits per heavy atom. The van der Waals surface area contributed by atoms with Gasteiger partial charge >= 0.3 is 5.97 Å². The Hall–Kier alpha value is -3.22. The van der Waals surface area contributed by atoms with E-state index in [1.807, 2.05) is 6.07 Å². The van der Waals surface area contributed by atoms with E-state index in [0.29, 0.717) is 11.1 Å². The number of hydrogen-bond acceptors (Lipinski definition) is 6. The molecule has 0 spiro atoms. The molecule has 0 bridgehead atoms. The predicted molar refractivity (Wildman–Crippen MR) is 76.0 cm³/mol. The van der Waals surface area contributed by atoms with E-state index >= 15 is 0 Å². The number of esters is 1. The van der Waals surface area contributed by atoms with Gasteiger partial charge in [-0.2, -0.15) is 0 Å². The summed E-state index contributed by atoms with van der Waals surface area (Å²) in [5.41, 5.74) is 0.899. The van der Waals surface area contributed by atoms with Crippen molar-refractivity contribution in [1.29, 1.82) is 0 Å². The Morgan fingerprint density at radius 3 is 2.95 bits per heavy atom. The molecule has 110 valence electrons. The highest BCUT2D eigenvalue weighted by molar-refractivity contribution is 6.02. The topological polar surface area (TPSA) is 94.3 Å². The fourth-order valence-corrected chi connectivity index (χ4v) is 1.91. The van der Waals surface area contributed by atoms with E-state index in [2.05, 4.69) is 15.3 Å². The molecule has 22 heavy (non-hydrogen) atoms. The maximum absolute atomic E-state index is 12.0. The van der Waals surface area contributed by atoms with E-state index in [1.54, 1.807) is 18.2 Å². The van der Waals surface area contributed by atoms with Crippen LogP contribution in [0, 0.1) is 0 Å². The number of nitrogens with zero attached hydrogens (tertiary/aromatic N) is 2. The Balaban J connectivity index is 1.61. The van der Waals surface area contributed by atoms with Crippen molar-refractivity contribution < 1.29 is 18.7 Å². The molecular weight excluding hydrogens is 286 g/mol. The van der Waals surface area contributed by atoms with Crippen molar-refractivity contribution in [1.82, 2.24) is 15.3 Å². The molecule has 7 nitrogen and oxygen atoms in total. The minimum absolute atomic E-state index is 0.145. The number of hydrogen-bond donors (Lipinski definition) is 1. The molecule has 1 aromatic carbocycles. The number of amides is 1. The third-order valence-corrected chi connectivity index (χ3v) is 2.93. The second-order valence-corrected chi connectivity index (χ2v) is 4.32. The molecule has 0 saturated heterocycles. The average molecular weight is 297 g/mol. The first-order valence-corrected chi connectivity index (χ1v) is 6.43. The number of furan rings is 1. The van der Waals surface area contributed by atoms with E-state index in [9.17, 15) is 9.59 Å². The summed E-state index contributed by atoms with van der Waals surface area (Å²) >= 11 is 0. The summed E-state index contributed by atoms with van der Waals surface area (Å²) in [4.78, 5) is 31.3. The van der Waals surface area contributed by atoms with E-state index < -0.39 is 11.9 Å². The number of rotatable bonds is 4. The van der Waals surface area contributed by atoms with Gasteiger partial charge in [-0.05, 0) is 12.1 Å². The quantitative estimate of drug-likeness (QED) is 0.582. The summed E-state index contributed by atoms with van der Waals surface area (Å²) in [6.07, 6.45) is 5.68.